The maximum atomic E-state index is 13.3. The van der Waals surface area contributed by atoms with E-state index >= 15 is 0 Å². The normalized spacial score (nSPS) is 24.6. The second-order valence-electron chi connectivity index (χ2n) is 8.46. The summed E-state index contributed by atoms with van der Waals surface area (Å²) >= 11 is 0. The molecule has 1 amide bonds. The van der Waals surface area contributed by atoms with E-state index in [1.54, 1.807) is 11.7 Å². The topological polar surface area (TPSA) is 83.8 Å². The summed E-state index contributed by atoms with van der Waals surface area (Å²) < 4.78 is 6.88. The molecule has 2 N–H and O–H groups in total. The number of amides is 1. The highest BCUT2D eigenvalue weighted by Crippen LogP contribution is 2.48. The Morgan fingerprint density at radius 2 is 2.03 bits per heavy atom. The van der Waals surface area contributed by atoms with Gasteiger partial charge in [-0.2, -0.15) is 0 Å². The van der Waals surface area contributed by atoms with E-state index in [1.165, 1.54) is 0 Å². The molecule has 2 bridgehead atoms. The number of nitrogens with one attached hydrogen (secondary N) is 1. The van der Waals surface area contributed by atoms with Crippen molar-refractivity contribution in [3.63, 3.8) is 0 Å². The number of aliphatic hydroxyl groups excluding tert-OH is 1. The molecular formula is C25H31N3O4. The summed E-state index contributed by atoms with van der Waals surface area (Å²) in [6.45, 7) is 3.71. The molecular weight excluding hydrogens is 406 g/mol. The molecule has 3 heterocycles. The number of allylic oxidation sites excluding steroid dienone is 1. The zero-order valence-electron chi connectivity index (χ0n) is 18.6. The van der Waals surface area contributed by atoms with Crippen LogP contribution in [0.2, 0.25) is 0 Å². The average Bonchev–Trinajstić information content (AvgIpc) is 3.01. The number of pyridine rings is 1. The number of carbonyl (C=O) groups is 1. The summed E-state index contributed by atoms with van der Waals surface area (Å²) in [6, 6.07) is 13.5. The molecule has 0 saturated carbocycles. The molecule has 1 saturated heterocycles. The molecule has 7 nitrogen and oxygen atoms in total. The number of hydrogen-bond acceptors (Lipinski definition) is 5. The van der Waals surface area contributed by atoms with Crippen LogP contribution in [0.3, 0.4) is 0 Å². The molecule has 170 valence electrons. The van der Waals surface area contributed by atoms with Crippen LogP contribution in [0.15, 0.2) is 53.3 Å². The molecule has 1 fully saturated rings. The number of aliphatic hydroxyl groups is 1. The lowest BCUT2D eigenvalue weighted by atomic mass is 9.86. The zero-order chi connectivity index (χ0) is 22.7. The number of fused-ring (bicyclic) bond motifs is 4. The van der Waals surface area contributed by atoms with E-state index in [-0.39, 0.29) is 36.1 Å². The molecule has 2 aliphatic heterocycles. The second kappa shape index (κ2) is 9.81. The van der Waals surface area contributed by atoms with Gasteiger partial charge >= 0.3 is 0 Å². The summed E-state index contributed by atoms with van der Waals surface area (Å²) in [4.78, 5) is 28.8. The minimum absolute atomic E-state index is 0.0490. The van der Waals surface area contributed by atoms with E-state index in [0.29, 0.717) is 31.8 Å². The Morgan fingerprint density at radius 1 is 1.25 bits per heavy atom. The smallest absolute Gasteiger partial charge is 0.258 e. The number of methoxy groups -OCH3 is 1. The van der Waals surface area contributed by atoms with Gasteiger partial charge in [-0.15, -0.1) is 0 Å². The van der Waals surface area contributed by atoms with Crippen LogP contribution in [0.1, 0.15) is 29.8 Å². The van der Waals surface area contributed by atoms with Gasteiger partial charge in [0.1, 0.15) is 0 Å². The largest absolute Gasteiger partial charge is 0.396 e. The Bertz CT molecular complexity index is 1030. The van der Waals surface area contributed by atoms with Crippen LogP contribution in [0, 0.1) is 11.8 Å². The SMILES string of the molecule is C/C=C/c1ccc2n(c1=O)C[C@H]1[C@H](CO)[C@@H](C(=O)NCCOC)[C@@H]2N1Cc1ccccc1. The van der Waals surface area contributed by atoms with Crippen molar-refractivity contribution in [2.75, 3.05) is 26.9 Å². The maximum absolute atomic E-state index is 13.3. The molecule has 0 aliphatic carbocycles. The van der Waals surface area contributed by atoms with Gasteiger partial charge in [-0.3, -0.25) is 14.5 Å². The predicted molar refractivity (Wildman–Crippen MR) is 123 cm³/mol. The van der Waals surface area contributed by atoms with Crippen LogP contribution in [-0.4, -0.2) is 53.4 Å². The van der Waals surface area contributed by atoms with E-state index in [2.05, 4.69) is 22.3 Å². The fourth-order valence-corrected chi connectivity index (χ4v) is 5.25. The molecule has 7 heteroatoms. The molecule has 0 unspecified atom stereocenters. The van der Waals surface area contributed by atoms with E-state index in [4.69, 9.17) is 4.74 Å². The Morgan fingerprint density at radius 3 is 2.72 bits per heavy atom. The predicted octanol–water partition coefficient (Wildman–Crippen LogP) is 1.81. The fraction of sp³-hybridized carbons (Fsp3) is 0.440. The van der Waals surface area contributed by atoms with Crippen LogP contribution in [0.4, 0.5) is 0 Å². The standard InChI is InChI=1S/C25H31N3O4/c1-3-7-18-10-11-20-23-22(24(30)26-12-13-32-2)19(16-29)21(15-28(20)25(18)31)27(23)14-17-8-5-4-6-9-17/h3-11,19,21-23,29H,12-16H2,1-2H3,(H,26,30)/b7-3+/t19-,21-,22+,23+/m0/s1. The summed E-state index contributed by atoms with van der Waals surface area (Å²) in [6.07, 6.45) is 3.66. The molecule has 1 aromatic heterocycles. The molecule has 4 atom stereocenters. The summed E-state index contributed by atoms with van der Waals surface area (Å²) in [5.74, 6) is -0.827. The lowest BCUT2D eigenvalue weighted by Crippen LogP contribution is -2.46. The third-order valence-electron chi connectivity index (χ3n) is 6.66. The van der Waals surface area contributed by atoms with Gasteiger partial charge in [0.25, 0.3) is 5.56 Å². The first-order valence-electron chi connectivity index (χ1n) is 11.1. The molecule has 2 aromatic rings. The van der Waals surface area contributed by atoms with Gasteiger partial charge in [-0.25, -0.2) is 0 Å². The molecule has 0 spiro atoms. The molecule has 1 aromatic carbocycles. The first-order valence-corrected chi connectivity index (χ1v) is 11.1. The van der Waals surface area contributed by atoms with Crippen molar-refractivity contribution in [2.24, 2.45) is 11.8 Å². The van der Waals surface area contributed by atoms with Crippen molar-refractivity contribution >= 4 is 12.0 Å². The van der Waals surface area contributed by atoms with Crippen LogP contribution >= 0.6 is 0 Å². The Balaban J connectivity index is 1.77. The van der Waals surface area contributed by atoms with Crippen molar-refractivity contribution in [3.05, 3.63) is 75.7 Å². The summed E-state index contributed by atoms with van der Waals surface area (Å²) in [7, 11) is 1.60. The van der Waals surface area contributed by atoms with E-state index < -0.39 is 5.92 Å². The highest BCUT2D eigenvalue weighted by Gasteiger charge is 2.55. The highest BCUT2D eigenvalue weighted by molar-refractivity contribution is 5.80. The third kappa shape index (κ3) is 4.03. The number of carbonyl (C=O) groups excluding carboxylic acids is 1. The lowest BCUT2D eigenvalue weighted by molar-refractivity contribution is -0.127. The van der Waals surface area contributed by atoms with Gasteiger partial charge in [0.2, 0.25) is 5.91 Å². The number of rotatable bonds is 8. The molecule has 4 rings (SSSR count). The van der Waals surface area contributed by atoms with Crippen LogP contribution in [0.5, 0.6) is 0 Å². The lowest BCUT2D eigenvalue weighted by Gasteiger charge is -2.38. The average molecular weight is 438 g/mol. The number of aromatic nitrogens is 1. The van der Waals surface area contributed by atoms with E-state index in [0.717, 1.165) is 11.3 Å². The minimum Gasteiger partial charge on any atom is -0.396 e. The van der Waals surface area contributed by atoms with E-state index in [1.807, 2.05) is 49.4 Å². The van der Waals surface area contributed by atoms with Gasteiger partial charge in [-0.1, -0.05) is 42.5 Å². The summed E-state index contributed by atoms with van der Waals surface area (Å²) in [5.41, 5.74) is 2.56. The number of nitrogens with zero attached hydrogens (tertiary/aromatic N) is 2. The van der Waals surface area contributed by atoms with Crippen molar-refractivity contribution in [2.45, 2.75) is 32.1 Å². The Kier molecular flexibility index (Phi) is 6.89. The van der Waals surface area contributed by atoms with E-state index in [9.17, 15) is 14.7 Å². The second-order valence-corrected chi connectivity index (χ2v) is 8.46. The van der Waals surface area contributed by atoms with Crippen LogP contribution < -0.4 is 10.9 Å². The quantitative estimate of drug-likeness (QED) is 0.616. The van der Waals surface area contributed by atoms with Crippen molar-refractivity contribution in [1.82, 2.24) is 14.8 Å². The van der Waals surface area contributed by atoms with Gasteiger partial charge < -0.3 is 19.7 Å². The fourth-order valence-electron chi connectivity index (χ4n) is 5.25. The monoisotopic (exact) mass is 437 g/mol. The number of hydrogen-bond donors (Lipinski definition) is 2. The first kappa shape index (κ1) is 22.5. The van der Waals surface area contributed by atoms with Crippen molar-refractivity contribution in [3.8, 4) is 0 Å². The van der Waals surface area contributed by atoms with Crippen molar-refractivity contribution < 1.29 is 14.6 Å². The molecule has 0 radical (unpaired) electrons. The summed E-state index contributed by atoms with van der Waals surface area (Å²) in [5, 5.41) is 13.3. The highest BCUT2D eigenvalue weighted by atomic mass is 16.5. The van der Waals surface area contributed by atoms with Gasteiger partial charge in [0.15, 0.2) is 0 Å². The van der Waals surface area contributed by atoms with Gasteiger partial charge in [0.05, 0.1) is 18.6 Å². The minimum atomic E-state index is -0.453. The Hall–Kier alpha value is -2.74. The molecule has 2 aliphatic rings. The van der Waals surface area contributed by atoms with Crippen LogP contribution in [-0.2, 0) is 22.6 Å². The van der Waals surface area contributed by atoms with Gasteiger partial charge in [-0.05, 0) is 24.6 Å². The number of ether oxygens (including phenoxy) is 1. The number of benzene rings is 1. The van der Waals surface area contributed by atoms with Crippen molar-refractivity contribution in [1.29, 1.82) is 0 Å². The Labute approximate surface area is 188 Å². The molecule has 32 heavy (non-hydrogen) atoms. The van der Waals surface area contributed by atoms with Gasteiger partial charge in [0, 0.05) is 56.6 Å². The zero-order valence-corrected chi connectivity index (χ0v) is 18.6. The maximum Gasteiger partial charge on any atom is 0.258 e. The van der Waals surface area contributed by atoms with Crippen LogP contribution in [0.25, 0.3) is 6.08 Å². The first-order chi connectivity index (χ1) is 15.6. The third-order valence-corrected chi connectivity index (χ3v) is 6.66.